The van der Waals surface area contributed by atoms with E-state index in [1.807, 2.05) is 0 Å². The van der Waals surface area contributed by atoms with Gasteiger partial charge in [0.15, 0.2) is 5.96 Å². The SMILES string of the molecule is CC1(CN=C(N)NCC2CCCO2)Cc2ccccc2C1.I. The number of nitrogens with two attached hydrogens (primary N) is 1. The van der Waals surface area contributed by atoms with Crippen LogP contribution in [0.2, 0.25) is 0 Å². The number of ether oxygens (including phenoxy) is 1. The van der Waals surface area contributed by atoms with Gasteiger partial charge in [-0.2, -0.15) is 0 Å². The third-order valence-corrected chi connectivity index (χ3v) is 4.52. The number of rotatable bonds is 4. The van der Waals surface area contributed by atoms with E-state index in [1.54, 1.807) is 0 Å². The van der Waals surface area contributed by atoms with Crippen LogP contribution in [-0.4, -0.2) is 31.8 Å². The zero-order valence-corrected chi connectivity index (χ0v) is 15.5. The number of halogens is 1. The lowest BCUT2D eigenvalue weighted by Gasteiger charge is -2.21. The first kappa shape index (κ1) is 17.5. The van der Waals surface area contributed by atoms with Crippen LogP contribution in [0.1, 0.15) is 30.9 Å². The molecule has 1 aromatic rings. The minimum atomic E-state index is 0. The molecule has 0 radical (unpaired) electrons. The fraction of sp³-hybridized carbons (Fsp3) is 0.588. The van der Waals surface area contributed by atoms with Crippen LogP contribution in [0.25, 0.3) is 0 Å². The van der Waals surface area contributed by atoms with Crippen LogP contribution in [0.5, 0.6) is 0 Å². The smallest absolute Gasteiger partial charge is 0.188 e. The van der Waals surface area contributed by atoms with Crippen LogP contribution in [0, 0.1) is 5.41 Å². The summed E-state index contributed by atoms with van der Waals surface area (Å²) in [7, 11) is 0. The second-order valence-corrected chi connectivity index (χ2v) is 6.65. The quantitative estimate of drug-likeness (QED) is 0.452. The second-order valence-electron chi connectivity index (χ2n) is 6.65. The summed E-state index contributed by atoms with van der Waals surface area (Å²) in [4.78, 5) is 4.55. The standard InChI is InChI=1S/C17H25N3O.HI/c1-17(9-13-5-2-3-6-14(13)10-17)12-20-16(18)19-11-15-7-4-8-21-15;/h2-3,5-6,15H,4,7-12H2,1H3,(H3,18,19,20);1H. The summed E-state index contributed by atoms with van der Waals surface area (Å²) < 4.78 is 5.57. The van der Waals surface area contributed by atoms with Gasteiger partial charge in [0.25, 0.3) is 0 Å². The van der Waals surface area contributed by atoms with E-state index < -0.39 is 0 Å². The van der Waals surface area contributed by atoms with E-state index >= 15 is 0 Å². The maximum atomic E-state index is 5.98. The molecule has 3 N–H and O–H groups in total. The molecule has 1 unspecified atom stereocenters. The van der Waals surface area contributed by atoms with Gasteiger partial charge < -0.3 is 15.8 Å². The van der Waals surface area contributed by atoms with Crippen molar-refractivity contribution in [2.75, 3.05) is 19.7 Å². The Morgan fingerprint density at radius 1 is 1.36 bits per heavy atom. The van der Waals surface area contributed by atoms with Crippen molar-refractivity contribution in [3.63, 3.8) is 0 Å². The lowest BCUT2D eigenvalue weighted by molar-refractivity contribution is 0.114. The summed E-state index contributed by atoms with van der Waals surface area (Å²) >= 11 is 0. The molecule has 122 valence electrons. The lowest BCUT2D eigenvalue weighted by Crippen LogP contribution is -2.38. The first-order chi connectivity index (χ1) is 10.1. The van der Waals surface area contributed by atoms with Gasteiger partial charge in [-0.15, -0.1) is 24.0 Å². The highest BCUT2D eigenvalue weighted by atomic mass is 127. The van der Waals surface area contributed by atoms with E-state index in [4.69, 9.17) is 10.5 Å². The fourth-order valence-electron chi connectivity index (χ4n) is 3.35. The lowest BCUT2D eigenvalue weighted by atomic mass is 9.87. The van der Waals surface area contributed by atoms with Crippen molar-refractivity contribution in [2.24, 2.45) is 16.1 Å². The molecule has 0 aromatic heterocycles. The highest BCUT2D eigenvalue weighted by Crippen LogP contribution is 2.36. The molecule has 22 heavy (non-hydrogen) atoms. The van der Waals surface area contributed by atoms with Crippen molar-refractivity contribution in [2.45, 2.75) is 38.7 Å². The van der Waals surface area contributed by atoms with Gasteiger partial charge >= 0.3 is 0 Å². The Morgan fingerprint density at radius 3 is 2.64 bits per heavy atom. The van der Waals surface area contributed by atoms with E-state index in [-0.39, 0.29) is 29.4 Å². The fourth-order valence-corrected chi connectivity index (χ4v) is 3.35. The number of hydrogen-bond donors (Lipinski definition) is 2. The molecule has 1 atom stereocenters. The zero-order valence-electron chi connectivity index (χ0n) is 13.2. The van der Waals surface area contributed by atoms with Gasteiger partial charge in [-0.1, -0.05) is 31.2 Å². The Morgan fingerprint density at radius 2 is 2.05 bits per heavy atom. The maximum Gasteiger partial charge on any atom is 0.188 e. The normalized spacial score (nSPS) is 23.0. The molecule has 1 aliphatic carbocycles. The van der Waals surface area contributed by atoms with Crippen molar-refractivity contribution in [3.8, 4) is 0 Å². The van der Waals surface area contributed by atoms with Crippen LogP contribution in [0.15, 0.2) is 29.3 Å². The van der Waals surface area contributed by atoms with Crippen molar-refractivity contribution in [1.82, 2.24) is 5.32 Å². The number of nitrogens with one attached hydrogen (secondary N) is 1. The van der Waals surface area contributed by atoms with E-state index in [0.29, 0.717) is 12.1 Å². The Balaban J connectivity index is 0.00000176. The van der Waals surface area contributed by atoms with Crippen LogP contribution < -0.4 is 11.1 Å². The number of guanidine groups is 1. The third kappa shape index (κ3) is 4.35. The maximum absolute atomic E-state index is 5.98. The predicted octanol–water partition coefficient (Wildman–Crippen LogP) is 2.49. The van der Waals surface area contributed by atoms with Crippen molar-refractivity contribution in [1.29, 1.82) is 0 Å². The average molecular weight is 415 g/mol. The Bertz CT molecular complexity index is 501. The van der Waals surface area contributed by atoms with Crippen LogP contribution >= 0.6 is 24.0 Å². The summed E-state index contributed by atoms with van der Waals surface area (Å²) in [6.45, 7) is 4.71. The molecule has 1 saturated heterocycles. The van der Waals surface area contributed by atoms with Gasteiger partial charge in [-0.3, -0.25) is 4.99 Å². The molecule has 0 bridgehead atoms. The van der Waals surface area contributed by atoms with E-state index in [9.17, 15) is 0 Å². The Hall–Kier alpha value is -0.820. The molecule has 1 fully saturated rings. The van der Waals surface area contributed by atoms with E-state index in [2.05, 4.69) is 41.5 Å². The molecule has 1 heterocycles. The molecule has 0 spiro atoms. The summed E-state index contributed by atoms with van der Waals surface area (Å²) in [6, 6.07) is 8.68. The number of nitrogens with zero attached hydrogens (tertiary/aromatic N) is 1. The number of aliphatic imine (C=N–C) groups is 1. The molecule has 0 saturated carbocycles. The molecule has 0 amide bonds. The topological polar surface area (TPSA) is 59.6 Å². The molecule has 2 aliphatic rings. The van der Waals surface area contributed by atoms with Gasteiger partial charge in [0, 0.05) is 19.7 Å². The van der Waals surface area contributed by atoms with Gasteiger partial charge in [-0.05, 0) is 42.2 Å². The monoisotopic (exact) mass is 415 g/mol. The minimum absolute atomic E-state index is 0. The molecular formula is C17H26IN3O. The van der Waals surface area contributed by atoms with E-state index in [0.717, 1.165) is 45.4 Å². The Labute approximate surface area is 149 Å². The van der Waals surface area contributed by atoms with Crippen molar-refractivity contribution >= 4 is 29.9 Å². The third-order valence-electron chi connectivity index (χ3n) is 4.52. The van der Waals surface area contributed by atoms with Crippen molar-refractivity contribution in [3.05, 3.63) is 35.4 Å². The predicted molar refractivity (Wildman–Crippen MR) is 101 cm³/mol. The molecule has 5 heteroatoms. The number of fused-ring (bicyclic) bond motifs is 1. The van der Waals surface area contributed by atoms with Crippen LogP contribution in [-0.2, 0) is 17.6 Å². The van der Waals surface area contributed by atoms with Gasteiger partial charge in [0.2, 0.25) is 0 Å². The molecule has 4 nitrogen and oxygen atoms in total. The highest BCUT2D eigenvalue weighted by molar-refractivity contribution is 14.0. The second kappa shape index (κ2) is 7.64. The summed E-state index contributed by atoms with van der Waals surface area (Å²) in [5.41, 5.74) is 9.09. The van der Waals surface area contributed by atoms with Crippen LogP contribution in [0.3, 0.4) is 0 Å². The summed E-state index contributed by atoms with van der Waals surface area (Å²) in [6.07, 6.45) is 4.75. The van der Waals surface area contributed by atoms with E-state index in [1.165, 1.54) is 11.1 Å². The Kier molecular flexibility index (Phi) is 6.09. The number of hydrogen-bond acceptors (Lipinski definition) is 2. The highest BCUT2D eigenvalue weighted by Gasteiger charge is 2.32. The minimum Gasteiger partial charge on any atom is -0.376 e. The van der Waals surface area contributed by atoms with Gasteiger partial charge in [0.05, 0.1) is 6.10 Å². The van der Waals surface area contributed by atoms with Gasteiger partial charge in [0.1, 0.15) is 0 Å². The largest absolute Gasteiger partial charge is 0.376 e. The molecule has 3 rings (SSSR count). The molecule has 1 aliphatic heterocycles. The van der Waals surface area contributed by atoms with Crippen LogP contribution in [0.4, 0.5) is 0 Å². The number of benzene rings is 1. The summed E-state index contributed by atoms with van der Waals surface area (Å²) in [5.74, 6) is 0.544. The molecular weight excluding hydrogens is 389 g/mol. The summed E-state index contributed by atoms with van der Waals surface area (Å²) in [5, 5.41) is 3.19. The zero-order chi connectivity index (χ0) is 14.7. The molecule has 1 aromatic carbocycles. The first-order valence-electron chi connectivity index (χ1n) is 7.87. The van der Waals surface area contributed by atoms with Crippen molar-refractivity contribution < 1.29 is 4.74 Å². The first-order valence-corrected chi connectivity index (χ1v) is 7.87. The van der Waals surface area contributed by atoms with Gasteiger partial charge in [-0.25, -0.2) is 0 Å². The average Bonchev–Trinajstić information content (AvgIpc) is 3.09.